The standard InChI is InChI=1S/C134H166B2N4S2/c1-77-59-83(120(5,6)7)41-43-102(77)137-106-72-95-92(125(18,19)47-50-128(95,24)25)69-100(106)135-114-108(137)63-82(81-39-37-36-38-40-81)64-109(114)139(104-71-94-88(61-79(104)3)123(14,15)45-49-127(94,22)23)116-87-68-91-99(76-113(87)142-118(116)135)134(35,56-54-132(91,32)33)58-57-133(34)55-53-131(30,31)89-62-80(4)105(74-98(89)133)140-111-66-85(122(11,12)13)65-110-115(111)136(119-117(140)86-67-90-97(75-112(86)141-119)130(28,29)52-46-124(90,16)17)101-70-93-96(129(26,27)51-48-126(93,20)21)73-107(101)138(110)103-44-42-84(60-78(103)2)121(8,9)10/h41-44,59-76,81H,36-40,45-58H2,1-35H3. The first-order valence-electron chi connectivity index (χ1n) is 55.8. The Balaban J connectivity index is 0.730. The van der Waals surface area contributed by atoms with E-state index in [1.54, 1.807) is 33.4 Å². The van der Waals surface area contributed by atoms with Gasteiger partial charge in [0.25, 0.3) is 13.4 Å². The van der Waals surface area contributed by atoms with Gasteiger partial charge in [0, 0.05) is 86.6 Å². The maximum Gasteiger partial charge on any atom is 0.264 e. The zero-order valence-electron chi connectivity index (χ0n) is 94.0. The highest BCUT2D eigenvalue weighted by atomic mass is 32.1. The van der Waals surface area contributed by atoms with Crippen LogP contribution >= 0.6 is 22.7 Å². The van der Waals surface area contributed by atoms with Gasteiger partial charge in [-0.3, -0.25) is 0 Å². The fraction of sp³-hybridized carbons (Fsp3) is 0.522. The Morgan fingerprint density at radius 2 is 0.549 bits per heavy atom. The van der Waals surface area contributed by atoms with Crippen molar-refractivity contribution in [2.24, 2.45) is 0 Å². The van der Waals surface area contributed by atoms with Crippen molar-refractivity contribution in [1.29, 1.82) is 0 Å². The molecule has 12 aromatic rings. The molecule has 10 aromatic carbocycles. The van der Waals surface area contributed by atoms with Crippen LogP contribution < -0.4 is 51.0 Å². The predicted molar refractivity (Wildman–Crippen MR) is 622 cm³/mol. The van der Waals surface area contributed by atoms with Gasteiger partial charge in [-0.1, -0.05) is 282 Å². The Labute approximate surface area is 865 Å². The molecule has 6 heterocycles. The maximum atomic E-state index is 2.95. The first kappa shape index (κ1) is 96.9. The summed E-state index contributed by atoms with van der Waals surface area (Å²) >= 11 is 4.31. The molecular weight excluding hydrogens is 1750 g/mol. The van der Waals surface area contributed by atoms with Crippen molar-refractivity contribution >= 4 is 156 Å². The van der Waals surface area contributed by atoms with Crippen LogP contribution in [0.5, 0.6) is 0 Å². The van der Waals surface area contributed by atoms with E-state index in [2.05, 4.69) is 418 Å². The monoisotopic (exact) mass is 1920 g/mol. The molecule has 7 aliphatic carbocycles. The van der Waals surface area contributed by atoms with E-state index in [1.165, 1.54) is 268 Å². The summed E-state index contributed by atoms with van der Waals surface area (Å²) in [5, 5.41) is 2.87. The van der Waals surface area contributed by atoms with Crippen molar-refractivity contribution in [2.75, 3.05) is 19.6 Å². The second-order valence-corrected chi connectivity index (χ2v) is 60.5. The highest BCUT2D eigenvalue weighted by Gasteiger charge is 2.56. The SMILES string of the molecule is Cc1cc(C(C)(C)C)ccc1N1c2cc3c(cc2B2c4sc5cc6c(cc5c4N(c4cc5c(cc4C)C(C)(C)CCC5(C)CCC4(C)CCC(C)(C)c5cc7c8c(sc7cc54)B4c5cc7c(cc5N(c5ccc(C(C)(C)C)cc5C)c5cc(C9CCCCC9)cc(c54)N8c4cc5c(cc4C)C(C)(C)CCC5(C)C)C(C)(C)CCC7(C)C)c4cc(C(C)(C)C)cc1c42)C(C)(C)CCC6(C)C)C(C)(C)CCC3(C)C. The van der Waals surface area contributed by atoms with Crippen LogP contribution in [0, 0.1) is 27.7 Å². The third-order valence-corrected chi connectivity index (χ3v) is 42.9. The van der Waals surface area contributed by atoms with Gasteiger partial charge < -0.3 is 19.6 Å². The van der Waals surface area contributed by atoms with Crippen molar-refractivity contribution < 1.29 is 0 Å². The second kappa shape index (κ2) is 31.1. The van der Waals surface area contributed by atoms with Crippen molar-refractivity contribution in [3.8, 4) is 0 Å². The molecule has 2 atom stereocenters. The van der Waals surface area contributed by atoms with Crippen LogP contribution in [0.1, 0.15) is 454 Å². The third-order valence-electron chi connectivity index (χ3n) is 40.5. The van der Waals surface area contributed by atoms with Crippen LogP contribution in [0.2, 0.25) is 0 Å². The lowest BCUT2D eigenvalue weighted by atomic mass is 9.35. The molecule has 8 heteroatoms. The second-order valence-electron chi connectivity index (χ2n) is 58.4. The highest BCUT2D eigenvalue weighted by molar-refractivity contribution is 7.34. The van der Waals surface area contributed by atoms with Crippen LogP contribution in [0.4, 0.5) is 68.2 Å². The normalized spacial score (nSPS) is 22.8. The summed E-state index contributed by atoms with van der Waals surface area (Å²) < 4.78 is 5.89. The van der Waals surface area contributed by atoms with E-state index in [9.17, 15) is 0 Å². The minimum absolute atomic E-state index is 0.000717. The highest BCUT2D eigenvalue weighted by Crippen LogP contribution is 2.64. The van der Waals surface area contributed by atoms with Crippen LogP contribution in [-0.2, 0) is 81.2 Å². The summed E-state index contributed by atoms with van der Waals surface area (Å²) in [6.07, 6.45) is 22.5. The van der Waals surface area contributed by atoms with E-state index in [-0.39, 0.29) is 94.7 Å². The molecule has 2 aromatic heterocycles. The number of nitrogens with zero attached hydrogens (tertiary/aromatic N) is 4. The molecule has 23 rings (SSSR count). The number of rotatable bonds is 8. The van der Waals surface area contributed by atoms with Crippen molar-refractivity contribution in [1.82, 2.24) is 0 Å². The molecule has 1 fully saturated rings. The Kier molecular flexibility index (Phi) is 21.2. The Morgan fingerprint density at radius 3 is 0.923 bits per heavy atom. The number of fused-ring (bicyclic) bond motifs is 18. The van der Waals surface area contributed by atoms with Crippen LogP contribution in [-0.4, -0.2) is 13.4 Å². The molecule has 0 N–H and O–H groups in total. The lowest BCUT2D eigenvalue weighted by Crippen LogP contribution is -2.61. The van der Waals surface area contributed by atoms with Crippen molar-refractivity contribution in [3.63, 3.8) is 0 Å². The molecule has 0 radical (unpaired) electrons. The quantitative estimate of drug-likeness (QED) is 0.141. The molecule has 11 aliphatic rings. The fourth-order valence-electron chi connectivity index (χ4n) is 29.9. The average molecular weight is 1920 g/mol. The lowest BCUT2D eigenvalue weighted by molar-refractivity contribution is 0.238. The largest absolute Gasteiger partial charge is 0.311 e. The van der Waals surface area contributed by atoms with Gasteiger partial charge in [-0.05, 0) is 436 Å². The maximum absolute atomic E-state index is 2.95. The van der Waals surface area contributed by atoms with E-state index in [4.69, 9.17) is 0 Å². The van der Waals surface area contributed by atoms with E-state index in [1.807, 2.05) is 0 Å². The number of benzene rings is 10. The first-order chi connectivity index (χ1) is 66.0. The van der Waals surface area contributed by atoms with Gasteiger partial charge in [-0.2, -0.15) is 0 Å². The van der Waals surface area contributed by atoms with E-state index in [0.717, 1.165) is 51.4 Å². The first-order valence-corrected chi connectivity index (χ1v) is 57.4. The van der Waals surface area contributed by atoms with E-state index < -0.39 is 0 Å². The summed E-state index contributed by atoms with van der Waals surface area (Å²) in [4.78, 5) is 11.5. The topological polar surface area (TPSA) is 13.0 Å². The summed E-state index contributed by atoms with van der Waals surface area (Å²) in [7, 11) is 0. The zero-order valence-corrected chi connectivity index (χ0v) is 95.6. The number of hydrogen-bond donors (Lipinski definition) is 0. The van der Waals surface area contributed by atoms with Crippen LogP contribution in [0.25, 0.3) is 20.2 Å². The molecule has 0 amide bonds. The number of aryl methyl sites for hydroxylation is 4. The van der Waals surface area contributed by atoms with Crippen LogP contribution in [0.3, 0.4) is 0 Å². The van der Waals surface area contributed by atoms with Crippen molar-refractivity contribution in [3.05, 3.63) is 245 Å². The van der Waals surface area contributed by atoms with E-state index in [0.29, 0.717) is 5.92 Å². The van der Waals surface area contributed by atoms with Gasteiger partial charge >= 0.3 is 0 Å². The number of thiophene rings is 2. The molecule has 4 aliphatic heterocycles. The minimum Gasteiger partial charge on any atom is -0.311 e. The molecule has 2 unspecified atom stereocenters. The van der Waals surface area contributed by atoms with Gasteiger partial charge in [0.1, 0.15) is 0 Å². The fourth-order valence-corrected chi connectivity index (χ4v) is 32.6. The van der Waals surface area contributed by atoms with Gasteiger partial charge in [0.05, 0.1) is 11.4 Å². The lowest BCUT2D eigenvalue weighted by Gasteiger charge is -2.49. The summed E-state index contributed by atoms with van der Waals surface area (Å²) in [5.74, 6) is 0.477. The van der Waals surface area contributed by atoms with Gasteiger partial charge in [0.2, 0.25) is 0 Å². The minimum atomic E-state index is -0.188. The molecule has 142 heavy (non-hydrogen) atoms. The molecule has 4 nitrogen and oxygen atoms in total. The van der Waals surface area contributed by atoms with Gasteiger partial charge in [0.15, 0.2) is 0 Å². The predicted octanol–water partition coefficient (Wildman–Crippen LogP) is 35.0. The summed E-state index contributed by atoms with van der Waals surface area (Å²) in [6.45, 7) is 88.4. The average Bonchev–Trinajstić information content (AvgIpc) is 1.37. The molecule has 0 bridgehead atoms. The summed E-state index contributed by atoms with van der Waals surface area (Å²) in [6, 6.07) is 59.4. The molecule has 1 saturated carbocycles. The molecule has 0 spiro atoms. The number of anilines is 12. The number of hydrogen-bond acceptors (Lipinski definition) is 6. The Morgan fingerprint density at radius 1 is 0.268 bits per heavy atom. The Bertz CT molecular complexity index is 7400. The van der Waals surface area contributed by atoms with Crippen LogP contribution in [0.15, 0.2) is 133 Å². The molecular formula is C134H166B2N4S2. The molecule has 740 valence electrons. The Hall–Kier alpha value is -8.55. The zero-order chi connectivity index (χ0) is 101. The summed E-state index contributed by atoms with van der Waals surface area (Å²) in [5.41, 5.74) is 51.5. The van der Waals surface area contributed by atoms with E-state index >= 15 is 0 Å². The third kappa shape index (κ3) is 14.5. The van der Waals surface area contributed by atoms with Crippen molar-refractivity contribution in [2.45, 2.75) is 451 Å². The smallest absolute Gasteiger partial charge is 0.264 e. The molecule has 0 saturated heterocycles. The van der Waals surface area contributed by atoms with Gasteiger partial charge in [-0.25, -0.2) is 0 Å². The van der Waals surface area contributed by atoms with Gasteiger partial charge in [-0.15, -0.1) is 22.7 Å².